The molecule has 98 valence electrons. The van der Waals surface area contributed by atoms with E-state index in [4.69, 9.17) is 21.1 Å². The number of halogens is 1. The van der Waals surface area contributed by atoms with Crippen molar-refractivity contribution in [2.75, 3.05) is 0 Å². The molecule has 0 spiro atoms. The molecule has 0 atom stereocenters. The minimum atomic E-state index is -0.592. The van der Waals surface area contributed by atoms with Gasteiger partial charge in [-0.05, 0) is 23.8 Å². The van der Waals surface area contributed by atoms with Crippen LogP contribution in [0.2, 0.25) is 5.02 Å². The third-order valence-electron chi connectivity index (χ3n) is 2.45. The first kappa shape index (κ1) is 13.4. The van der Waals surface area contributed by atoms with Crippen LogP contribution >= 0.6 is 11.6 Å². The number of rotatable bonds is 3. The summed E-state index contributed by atoms with van der Waals surface area (Å²) in [5.41, 5.74) is 0.243. The molecule has 0 amide bonds. The van der Waals surface area contributed by atoms with Crippen LogP contribution < -0.4 is 5.43 Å². The molecule has 4 nitrogen and oxygen atoms in total. The molecule has 2 aromatic rings. The first-order chi connectivity index (χ1) is 9.10. The molecule has 1 heterocycles. The van der Waals surface area contributed by atoms with Gasteiger partial charge in [0.25, 0.3) is 0 Å². The molecule has 1 aromatic heterocycles. The van der Waals surface area contributed by atoms with E-state index in [0.717, 1.165) is 11.6 Å². The second-order valence-corrected chi connectivity index (χ2v) is 4.27. The van der Waals surface area contributed by atoms with Crippen LogP contribution in [-0.2, 0) is 6.61 Å². The van der Waals surface area contributed by atoms with Gasteiger partial charge in [-0.2, -0.15) is 0 Å². The molecule has 2 N–H and O–H groups in total. The Labute approximate surface area is 114 Å². The van der Waals surface area contributed by atoms with Crippen molar-refractivity contribution < 1.29 is 14.6 Å². The molecule has 0 aliphatic carbocycles. The highest BCUT2D eigenvalue weighted by molar-refractivity contribution is 6.30. The second kappa shape index (κ2) is 5.73. The quantitative estimate of drug-likeness (QED) is 0.905. The van der Waals surface area contributed by atoms with Crippen LogP contribution in [0.1, 0.15) is 17.1 Å². The topological polar surface area (TPSA) is 70.7 Å². The van der Waals surface area contributed by atoms with Crippen molar-refractivity contribution in [3.63, 3.8) is 0 Å². The van der Waals surface area contributed by atoms with Gasteiger partial charge in [0.05, 0.1) is 0 Å². The van der Waals surface area contributed by atoms with E-state index in [0.29, 0.717) is 5.02 Å². The Kier molecular flexibility index (Phi) is 4.04. The molecule has 0 aliphatic heterocycles. The van der Waals surface area contributed by atoms with Crippen LogP contribution in [0.4, 0.5) is 0 Å². The predicted octanol–water partition coefficient (Wildman–Crippen LogP) is 2.66. The molecule has 19 heavy (non-hydrogen) atoms. The van der Waals surface area contributed by atoms with E-state index < -0.39 is 17.8 Å². The van der Waals surface area contributed by atoms with Gasteiger partial charge in [-0.3, -0.25) is 4.79 Å². The van der Waals surface area contributed by atoms with Crippen LogP contribution in [0.3, 0.4) is 0 Å². The molecule has 0 bridgehead atoms. The molecular weight excluding hydrogens is 268 g/mol. The third-order valence-corrected chi connectivity index (χ3v) is 2.70. The zero-order valence-corrected chi connectivity index (χ0v) is 10.6. The fraction of sp³-hybridized carbons (Fsp3) is 0.0714. The number of hydrogen-bond acceptors (Lipinski definition) is 4. The summed E-state index contributed by atoms with van der Waals surface area (Å²) in [6, 6.07) is 8.06. The van der Waals surface area contributed by atoms with Gasteiger partial charge in [-0.1, -0.05) is 29.8 Å². The summed E-state index contributed by atoms with van der Waals surface area (Å²) in [6.07, 6.45) is 3.12. The van der Waals surface area contributed by atoms with Gasteiger partial charge in [0.15, 0.2) is 5.76 Å². The number of aromatic hydroxyl groups is 1. The molecule has 0 aliphatic rings. The van der Waals surface area contributed by atoms with E-state index in [1.54, 1.807) is 30.3 Å². The summed E-state index contributed by atoms with van der Waals surface area (Å²) in [7, 11) is 0. The van der Waals surface area contributed by atoms with Gasteiger partial charge >= 0.3 is 0 Å². The molecule has 0 saturated carbocycles. The number of hydrogen-bond donors (Lipinski definition) is 2. The minimum Gasteiger partial charge on any atom is -0.502 e. The Bertz CT molecular complexity index is 656. The van der Waals surface area contributed by atoms with Crippen molar-refractivity contribution in [1.82, 2.24) is 0 Å². The maximum absolute atomic E-state index is 11.4. The molecule has 1 aromatic carbocycles. The number of benzene rings is 1. The lowest BCUT2D eigenvalue weighted by atomic mass is 10.2. The van der Waals surface area contributed by atoms with Crippen molar-refractivity contribution in [3.8, 4) is 5.75 Å². The minimum absolute atomic E-state index is 0.00602. The van der Waals surface area contributed by atoms with Crippen LogP contribution in [0, 0.1) is 0 Å². The van der Waals surface area contributed by atoms with Crippen LogP contribution in [0.5, 0.6) is 5.75 Å². The summed E-state index contributed by atoms with van der Waals surface area (Å²) < 4.78 is 5.17. The molecule has 5 heteroatoms. The smallest absolute Gasteiger partial charge is 0.227 e. The summed E-state index contributed by atoms with van der Waals surface area (Å²) >= 11 is 5.76. The van der Waals surface area contributed by atoms with E-state index >= 15 is 0 Å². The lowest BCUT2D eigenvalue weighted by Crippen LogP contribution is -2.02. The molecular formula is C14H11ClO4. The predicted molar refractivity (Wildman–Crippen MR) is 72.9 cm³/mol. The fourth-order valence-electron chi connectivity index (χ4n) is 1.49. The molecule has 0 radical (unpaired) electrons. The van der Waals surface area contributed by atoms with E-state index in [1.807, 2.05) is 0 Å². The van der Waals surface area contributed by atoms with Gasteiger partial charge < -0.3 is 14.6 Å². The van der Waals surface area contributed by atoms with Crippen molar-refractivity contribution in [2.24, 2.45) is 0 Å². The molecule has 0 unspecified atom stereocenters. The van der Waals surface area contributed by atoms with Gasteiger partial charge in [-0.25, -0.2) is 0 Å². The van der Waals surface area contributed by atoms with Crippen LogP contribution in [0.25, 0.3) is 12.2 Å². The molecule has 0 fully saturated rings. The Balaban J connectivity index is 2.35. The van der Waals surface area contributed by atoms with Gasteiger partial charge in [0.1, 0.15) is 12.4 Å². The lowest BCUT2D eigenvalue weighted by Gasteiger charge is -2.01. The van der Waals surface area contributed by atoms with Gasteiger partial charge in [-0.15, -0.1) is 0 Å². The van der Waals surface area contributed by atoms with Crippen LogP contribution in [0.15, 0.2) is 39.5 Å². The molecule has 0 saturated heterocycles. The zero-order chi connectivity index (χ0) is 13.8. The highest BCUT2D eigenvalue weighted by Crippen LogP contribution is 2.18. The fourth-order valence-corrected chi connectivity index (χ4v) is 1.62. The average molecular weight is 279 g/mol. The van der Waals surface area contributed by atoms with Crippen LogP contribution in [-0.4, -0.2) is 10.2 Å². The summed E-state index contributed by atoms with van der Waals surface area (Å²) in [6.45, 7) is -0.405. The first-order valence-electron chi connectivity index (χ1n) is 5.50. The van der Waals surface area contributed by atoms with Crippen molar-refractivity contribution in [3.05, 3.63) is 62.7 Å². The van der Waals surface area contributed by atoms with Gasteiger partial charge in [0, 0.05) is 11.1 Å². The Hall–Kier alpha value is -2.04. The monoisotopic (exact) mass is 278 g/mol. The highest BCUT2D eigenvalue weighted by Gasteiger charge is 2.07. The Morgan fingerprint density at radius 1 is 1.21 bits per heavy atom. The molecule has 2 rings (SSSR count). The van der Waals surface area contributed by atoms with E-state index in [-0.39, 0.29) is 11.5 Å². The largest absolute Gasteiger partial charge is 0.502 e. The summed E-state index contributed by atoms with van der Waals surface area (Å²) in [5.74, 6) is -0.382. The average Bonchev–Trinajstić information content (AvgIpc) is 2.42. The number of aliphatic hydroxyl groups excluding tert-OH is 1. The normalized spacial score (nSPS) is 11.1. The van der Waals surface area contributed by atoms with Crippen molar-refractivity contribution >= 4 is 23.8 Å². The highest BCUT2D eigenvalue weighted by atomic mass is 35.5. The number of aliphatic hydroxyl groups is 1. The maximum Gasteiger partial charge on any atom is 0.227 e. The lowest BCUT2D eigenvalue weighted by molar-refractivity contribution is 0.240. The Morgan fingerprint density at radius 2 is 1.89 bits per heavy atom. The van der Waals surface area contributed by atoms with Crippen molar-refractivity contribution in [2.45, 2.75) is 6.61 Å². The summed E-state index contributed by atoms with van der Waals surface area (Å²) in [5, 5.41) is 19.1. The maximum atomic E-state index is 11.4. The Morgan fingerprint density at radius 3 is 2.53 bits per heavy atom. The van der Waals surface area contributed by atoms with Crippen molar-refractivity contribution in [1.29, 1.82) is 0 Å². The third kappa shape index (κ3) is 3.24. The van der Waals surface area contributed by atoms with E-state index in [2.05, 4.69) is 0 Å². The van der Waals surface area contributed by atoms with E-state index in [9.17, 15) is 9.90 Å². The standard InChI is InChI=1S/C14H11ClO4/c15-10-4-1-9(2-5-10)3-6-13-14(18)12(17)7-11(8-16)19-13/h1-7,16,18H,8H2/b6-3+. The van der Waals surface area contributed by atoms with Gasteiger partial charge in [0.2, 0.25) is 11.2 Å². The first-order valence-corrected chi connectivity index (χ1v) is 5.88. The zero-order valence-electron chi connectivity index (χ0n) is 9.84. The second-order valence-electron chi connectivity index (χ2n) is 3.83. The van der Waals surface area contributed by atoms with E-state index in [1.165, 1.54) is 6.08 Å². The summed E-state index contributed by atoms with van der Waals surface area (Å²) in [4.78, 5) is 11.4. The SMILES string of the molecule is O=c1cc(CO)oc(/C=C/c2ccc(Cl)cc2)c1O.